The summed E-state index contributed by atoms with van der Waals surface area (Å²) in [4.78, 5) is 11.8. The molecule has 0 aromatic carbocycles. The summed E-state index contributed by atoms with van der Waals surface area (Å²) in [5.41, 5.74) is 0. The number of ether oxygens (including phenoxy) is 2. The normalized spacial score (nSPS) is 39.9. The van der Waals surface area contributed by atoms with E-state index in [-0.39, 0.29) is 11.9 Å². The van der Waals surface area contributed by atoms with Crippen molar-refractivity contribution < 1.29 is 14.3 Å². The van der Waals surface area contributed by atoms with Crippen LogP contribution in [0.2, 0.25) is 0 Å². The molecule has 1 heterocycles. The van der Waals surface area contributed by atoms with E-state index in [9.17, 15) is 4.79 Å². The summed E-state index contributed by atoms with van der Waals surface area (Å²) in [7, 11) is 0. The Morgan fingerprint density at radius 1 is 1.47 bits per heavy atom. The highest BCUT2D eigenvalue weighted by Crippen LogP contribution is 2.41. The maximum Gasteiger partial charge on any atom is 0.309 e. The second-order valence-corrected chi connectivity index (χ2v) is 4.67. The van der Waals surface area contributed by atoms with Gasteiger partial charge in [-0.3, -0.25) is 4.79 Å². The molecule has 15 heavy (non-hydrogen) atoms. The van der Waals surface area contributed by atoms with Gasteiger partial charge in [0.25, 0.3) is 0 Å². The smallest absolute Gasteiger partial charge is 0.309 e. The van der Waals surface area contributed by atoms with Gasteiger partial charge in [0.2, 0.25) is 0 Å². The van der Waals surface area contributed by atoms with Crippen molar-refractivity contribution in [3.05, 3.63) is 0 Å². The minimum atomic E-state index is -0.00935. The average molecular weight is 212 g/mol. The maximum atomic E-state index is 11.8. The first-order valence-electron chi connectivity index (χ1n) is 6.04. The SMILES string of the molecule is CCOC(=O)[C@@H]1CCC[C@@H]2O[C@@H](C)C[C@H]21. The van der Waals surface area contributed by atoms with E-state index < -0.39 is 0 Å². The first kappa shape index (κ1) is 10.9. The van der Waals surface area contributed by atoms with Crippen molar-refractivity contribution in [1.82, 2.24) is 0 Å². The summed E-state index contributed by atoms with van der Waals surface area (Å²) in [6.45, 7) is 4.45. The lowest BCUT2D eigenvalue weighted by molar-refractivity contribution is -0.152. The number of carbonyl (C=O) groups is 1. The van der Waals surface area contributed by atoms with E-state index in [0.717, 1.165) is 25.7 Å². The van der Waals surface area contributed by atoms with Gasteiger partial charge < -0.3 is 9.47 Å². The molecule has 4 atom stereocenters. The highest BCUT2D eigenvalue weighted by molar-refractivity contribution is 5.73. The minimum Gasteiger partial charge on any atom is -0.466 e. The molecular formula is C12H20O3. The molecule has 1 aliphatic carbocycles. The zero-order valence-corrected chi connectivity index (χ0v) is 9.57. The topological polar surface area (TPSA) is 35.5 Å². The van der Waals surface area contributed by atoms with E-state index in [1.165, 1.54) is 0 Å². The number of hydrogen-bond donors (Lipinski definition) is 0. The molecule has 0 spiro atoms. The molecule has 2 rings (SSSR count). The number of esters is 1. The number of hydrogen-bond acceptors (Lipinski definition) is 3. The van der Waals surface area contributed by atoms with Gasteiger partial charge in [-0.25, -0.2) is 0 Å². The third-order valence-electron chi connectivity index (χ3n) is 3.60. The minimum absolute atomic E-state index is 0.00935. The van der Waals surface area contributed by atoms with Gasteiger partial charge in [0.15, 0.2) is 0 Å². The standard InChI is InChI=1S/C12H20O3/c1-3-14-12(13)9-5-4-6-11-10(9)7-8(2)15-11/h8-11H,3-7H2,1-2H3/t8-,9+,10-,11-/m0/s1. The summed E-state index contributed by atoms with van der Waals surface area (Å²) in [6, 6.07) is 0. The van der Waals surface area contributed by atoms with Gasteiger partial charge in [0.1, 0.15) is 0 Å². The Bertz CT molecular complexity index is 239. The van der Waals surface area contributed by atoms with Crippen molar-refractivity contribution in [2.45, 2.75) is 51.7 Å². The number of rotatable bonds is 2. The Balaban J connectivity index is 2.02. The van der Waals surface area contributed by atoms with Gasteiger partial charge in [-0.2, -0.15) is 0 Å². The molecule has 2 fully saturated rings. The summed E-state index contributed by atoms with van der Waals surface area (Å²) in [5.74, 6) is 0.492. The van der Waals surface area contributed by atoms with Gasteiger partial charge in [-0.1, -0.05) is 0 Å². The quantitative estimate of drug-likeness (QED) is 0.658. The van der Waals surface area contributed by atoms with Gasteiger partial charge in [0, 0.05) is 5.92 Å². The molecule has 0 unspecified atom stereocenters. The fourth-order valence-corrected chi connectivity index (χ4v) is 2.99. The Morgan fingerprint density at radius 3 is 3.00 bits per heavy atom. The summed E-state index contributed by atoms with van der Waals surface area (Å²) >= 11 is 0. The molecule has 3 nitrogen and oxygen atoms in total. The average Bonchev–Trinajstić information content (AvgIpc) is 2.57. The second kappa shape index (κ2) is 4.52. The van der Waals surface area contributed by atoms with Crippen LogP contribution in [0, 0.1) is 11.8 Å². The second-order valence-electron chi connectivity index (χ2n) is 4.67. The van der Waals surface area contributed by atoms with Crippen molar-refractivity contribution in [2.24, 2.45) is 11.8 Å². The van der Waals surface area contributed by atoms with Crippen LogP contribution in [0.3, 0.4) is 0 Å². The van der Waals surface area contributed by atoms with E-state index in [1.54, 1.807) is 0 Å². The monoisotopic (exact) mass is 212 g/mol. The third-order valence-corrected chi connectivity index (χ3v) is 3.60. The van der Waals surface area contributed by atoms with E-state index in [0.29, 0.717) is 24.7 Å². The lowest BCUT2D eigenvalue weighted by atomic mass is 9.76. The van der Waals surface area contributed by atoms with Gasteiger partial charge in [-0.05, 0) is 39.5 Å². The Morgan fingerprint density at radius 2 is 2.27 bits per heavy atom. The van der Waals surface area contributed by atoms with E-state index in [2.05, 4.69) is 6.92 Å². The molecule has 2 aliphatic rings. The number of carbonyl (C=O) groups excluding carboxylic acids is 1. The van der Waals surface area contributed by atoms with Crippen molar-refractivity contribution in [1.29, 1.82) is 0 Å². The Kier molecular flexibility index (Phi) is 3.29. The molecular weight excluding hydrogens is 192 g/mol. The van der Waals surface area contributed by atoms with Crippen molar-refractivity contribution in [3.63, 3.8) is 0 Å². The zero-order chi connectivity index (χ0) is 10.8. The van der Waals surface area contributed by atoms with Crippen LogP contribution in [-0.2, 0) is 14.3 Å². The molecule has 0 radical (unpaired) electrons. The van der Waals surface area contributed by atoms with Crippen LogP contribution in [-0.4, -0.2) is 24.8 Å². The van der Waals surface area contributed by atoms with Crippen molar-refractivity contribution >= 4 is 5.97 Å². The molecule has 0 bridgehead atoms. The molecule has 3 heteroatoms. The molecule has 1 aliphatic heterocycles. The van der Waals surface area contributed by atoms with Crippen LogP contribution < -0.4 is 0 Å². The van der Waals surface area contributed by atoms with Crippen LogP contribution in [0.4, 0.5) is 0 Å². The van der Waals surface area contributed by atoms with Crippen LogP contribution in [0.25, 0.3) is 0 Å². The Labute approximate surface area is 91.1 Å². The summed E-state index contributed by atoms with van der Waals surface area (Å²) < 4.78 is 10.9. The predicted molar refractivity (Wildman–Crippen MR) is 56.4 cm³/mol. The van der Waals surface area contributed by atoms with Crippen LogP contribution in [0.5, 0.6) is 0 Å². The van der Waals surface area contributed by atoms with Gasteiger partial charge >= 0.3 is 5.97 Å². The lowest BCUT2D eigenvalue weighted by Crippen LogP contribution is -2.35. The van der Waals surface area contributed by atoms with Crippen LogP contribution in [0.15, 0.2) is 0 Å². The zero-order valence-electron chi connectivity index (χ0n) is 9.57. The molecule has 1 saturated heterocycles. The third kappa shape index (κ3) is 2.17. The molecule has 0 amide bonds. The summed E-state index contributed by atoms with van der Waals surface area (Å²) in [5, 5.41) is 0. The molecule has 1 saturated carbocycles. The molecule has 0 aromatic rings. The number of fused-ring (bicyclic) bond motifs is 1. The van der Waals surface area contributed by atoms with E-state index in [1.807, 2.05) is 6.92 Å². The maximum absolute atomic E-state index is 11.8. The first-order valence-corrected chi connectivity index (χ1v) is 6.04. The summed E-state index contributed by atoms with van der Waals surface area (Å²) in [6.07, 6.45) is 4.84. The predicted octanol–water partition coefficient (Wildman–Crippen LogP) is 2.14. The van der Waals surface area contributed by atoms with Crippen LogP contribution in [0.1, 0.15) is 39.5 Å². The lowest BCUT2D eigenvalue weighted by Gasteiger charge is -2.30. The van der Waals surface area contributed by atoms with Gasteiger partial charge in [-0.15, -0.1) is 0 Å². The van der Waals surface area contributed by atoms with E-state index >= 15 is 0 Å². The first-order chi connectivity index (χ1) is 7.22. The highest BCUT2D eigenvalue weighted by atomic mass is 16.5. The molecule has 86 valence electrons. The van der Waals surface area contributed by atoms with E-state index in [4.69, 9.17) is 9.47 Å². The Hall–Kier alpha value is -0.570. The van der Waals surface area contributed by atoms with Crippen molar-refractivity contribution in [3.8, 4) is 0 Å². The highest BCUT2D eigenvalue weighted by Gasteiger charge is 2.44. The fourth-order valence-electron chi connectivity index (χ4n) is 2.99. The van der Waals surface area contributed by atoms with Gasteiger partial charge in [0.05, 0.1) is 24.7 Å². The molecule has 0 aromatic heterocycles. The van der Waals surface area contributed by atoms with Crippen molar-refractivity contribution in [2.75, 3.05) is 6.61 Å². The molecule has 0 N–H and O–H groups in total. The fraction of sp³-hybridized carbons (Fsp3) is 0.917. The van der Waals surface area contributed by atoms with Crippen LogP contribution >= 0.6 is 0 Å². The largest absolute Gasteiger partial charge is 0.466 e.